The van der Waals surface area contributed by atoms with E-state index in [4.69, 9.17) is 15.7 Å². The van der Waals surface area contributed by atoms with Crippen LogP contribution in [-0.2, 0) is 0 Å². The first kappa shape index (κ1) is 13.2. The molecule has 4 nitrogen and oxygen atoms in total. The summed E-state index contributed by atoms with van der Waals surface area (Å²) in [5, 5.41) is 8.68. The zero-order chi connectivity index (χ0) is 13.5. The second kappa shape index (κ2) is 6.66. The van der Waals surface area contributed by atoms with Gasteiger partial charge in [-0.3, -0.25) is 4.98 Å². The lowest BCUT2D eigenvalue weighted by Crippen LogP contribution is -2.00. The monoisotopic (exact) mass is 271 g/mol. The van der Waals surface area contributed by atoms with Crippen LogP contribution in [-0.4, -0.2) is 17.3 Å². The molecule has 0 aliphatic heterocycles. The molecule has 0 bridgehead atoms. The highest BCUT2D eigenvalue weighted by Gasteiger charge is 2.00. The minimum Gasteiger partial charge on any atom is -0.493 e. The van der Waals surface area contributed by atoms with Crippen molar-refractivity contribution >= 4 is 17.4 Å². The second-order valence-corrected chi connectivity index (χ2v) is 4.88. The summed E-state index contributed by atoms with van der Waals surface area (Å²) in [5.74, 6) is 1.57. The molecule has 0 aliphatic rings. The van der Waals surface area contributed by atoms with Crippen LogP contribution in [0.1, 0.15) is 5.56 Å². The standard InChI is InChI=1S/C14H13N3OS/c15-9-11-1-3-12(4-2-11)18-7-8-19-14-5-6-17-10-13(14)16/h1-6,10H,7-8,16H2. The Kier molecular flexibility index (Phi) is 4.65. The third-order valence-corrected chi connectivity index (χ3v) is 3.46. The van der Waals surface area contributed by atoms with Gasteiger partial charge in [0.2, 0.25) is 0 Å². The van der Waals surface area contributed by atoms with Crippen molar-refractivity contribution in [2.45, 2.75) is 4.90 Å². The number of hydrogen-bond donors (Lipinski definition) is 1. The van der Waals surface area contributed by atoms with E-state index in [2.05, 4.69) is 11.1 Å². The molecule has 1 heterocycles. The molecule has 0 fully saturated rings. The summed E-state index contributed by atoms with van der Waals surface area (Å²) in [6, 6.07) is 11.0. The van der Waals surface area contributed by atoms with Crippen LogP contribution in [0.3, 0.4) is 0 Å². The van der Waals surface area contributed by atoms with Gasteiger partial charge in [-0.05, 0) is 30.3 Å². The van der Waals surface area contributed by atoms with Gasteiger partial charge >= 0.3 is 0 Å². The first-order chi connectivity index (χ1) is 9.29. The Labute approximate surface area is 116 Å². The van der Waals surface area contributed by atoms with Gasteiger partial charge in [0, 0.05) is 16.8 Å². The van der Waals surface area contributed by atoms with E-state index in [0.29, 0.717) is 17.9 Å². The molecule has 0 saturated carbocycles. The molecule has 1 aromatic carbocycles. The average Bonchev–Trinajstić information content (AvgIpc) is 2.46. The molecule has 0 atom stereocenters. The molecule has 0 unspecified atom stereocenters. The zero-order valence-electron chi connectivity index (χ0n) is 10.2. The molecule has 0 aliphatic carbocycles. The van der Waals surface area contributed by atoms with Crippen molar-refractivity contribution in [1.82, 2.24) is 4.98 Å². The van der Waals surface area contributed by atoms with Crippen molar-refractivity contribution in [3.05, 3.63) is 48.3 Å². The van der Waals surface area contributed by atoms with E-state index in [1.807, 2.05) is 6.07 Å². The summed E-state index contributed by atoms with van der Waals surface area (Å²) in [5.41, 5.74) is 7.11. The van der Waals surface area contributed by atoms with E-state index in [9.17, 15) is 0 Å². The lowest BCUT2D eigenvalue weighted by atomic mass is 10.2. The van der Waals surface area contributed by atoms with E-state index in [1.165, 1.54) is 0 Å². The smallest absolute Gasteiger partial charge is 0.119 e. The Morgan fingerprint density at radius 1 is 1.26 bits per heavy atom. The summed E-state index contributed by atoms with van der Waals surface area (Å²) < 4.78 is 5.58. The molecule has 0 amide bonds. The van der Waals surface area contributed by atoms with Crippen molar-refractivity contribution in [2.24, 2.45) is 0 Å². The summed E-state index contributed by atoms with van der Waals surface area (Å²) in [7, 11) is 0. The first-order valence-electron chi connectivity index (χ1n) is 5.75. The predicted octanol–water partition coefficient (Wildman–Crippen LogP) is 2.71. The number of rotatable bonds is 5. The second-order valence-electron chi connectivity index (χ2n) is 3.75. The fraction of sp³-hybridized carbons (Fsp3) is 0.143. The number of nitrogen functional groups attached to an aromatic ring is 1. The van der Waals surface area contributed by atoms with Crippen molar-refractivity contribution in [3.8, 4) is 11.8 Å². The average molecular weight is 271 g/mol. The molecule has 2 aromatic rings. The molecule has 0 radical (unpaired) electrons. The van der Waals surface area contributed by atoms with Gasteiger partial charge in [-0.2, -0.15) is 5.26 Å². The summed E-state index contributed by atoms with van der Waals surface area (Å²) in [6.07, 6.45) is 3.37. The lowest BCUT2D eigenvalue weighted by Gasteiger charge is -2.07. The third-order valence-electron chi connectivity index (χ3n) is 2.40. The summed E-state index contributed by atoms with van der Waals surface area (Å²) in [4.78, 5) is 4.95. The number of pyridine rings is 1. The molecule has 0 saturated heterocycles. The Hall–Kier alpha value is -2.19. The number of ether oxygens (including phenoxy) is 1. The first-order valence-corrected chi connectivity index (χ1v) is 6.73. The number of nitrogens with zero attached hydrogens (tertiary/aromatic N) is 2. The van der Waals surface area contributed by atoms with Gasteiger partial charge in [-0.25, -0.2) is 0 Å². The highest BCUT2D eigenvalue weighted by molar-refractivity contribution is 7.99. The van der Waals surface area contributed by atoms with Crippen molar-refractivity contribution in [1.29, 1.82) is 5.26 Å². The number of hydrogen-bond acceptors (Lipinski definition) is 5. The van der Waals surface area contributed by atoms with Crippen molar-refractivity contribution in [2.75, 3.05) is 18.1 Å². The topological polar surface area (TPSA) is 71.9 Å². The van der Waals surface area contributed by atoms with Gasteiger partial charge in [0.15, 0.2) is 0 Å². The molecule has 96 valence electrons. The Balaban J connectivity index is 1.78. The molecule has 2 rings (SSSR count). The van der Waals surface area contributed by atoms with Crippen molar-refractivity contribution in [3.63, 3.8) is 0 Å². The normalized spacial score (nSPS) is 9.84. The Morgan fingerprint density at radius 3 is 2.74 bits per heavy atom. The number of benzene rings is 1. The predicted molar refractivity (Wildman–Crippen MR) is 76.0 cm³/mol. The fourth-order valence-electron chi connectivity index (χ4n) is 1.46. The maximum absolute atomic E-state index is 8.68. The van der Waals surface area contributed by atoms with Crippen LogP contribution < -0.4 is 10.5 Å². The van der Waals surface area contributed by atoms with E-state index in [0.717, 1.165) is 16.4 Å². The minimum absolute atomic E-state index is 0.582. The summed E-state index contributed by atoms with van der Waals surface area (Å²) in [6.45, 7) is 0.582. The number of aromatic nitrogens is 1. The number of thioether (sulfide) groups is 1. The zero-order valence-corrected chi connectivity index (χ0v) is 11.1. The number of nitriles is 1. The molecule has 1 aromatic heterocycles. The van der Waals surface area contributed by atoms with Crippen LogP contribution in [0.2, 0.25) is 0 Å². The van der Waals surface area contributed by atoms with E-state index < -0.39 is 0 Å². The van der Waals surface area contributed by atoms with Gasteiger partial charge in [-0.15, -0.1) is 11.8 Å². The molecule has 5 heteroatoms. The highest BCUT2D eigenvalue weighted by atomic mass is 32.2. The Morgan fingerprint density at radius 2 is 2.05 bits per heavy atom. The van der Waals surface area contributed by atoms with Crippen LogP contribution in [0.5, 0.6) is 5.75 Å². The van der Waals surface area contributed by atoms with E-state index in [-0.39, 0.29) is 0 Å². The maximum Gasteiger partial charge on any atom is 0.119 e. The summed E-state index contributed by atoms with van der Waals surface area (Å²) >= 11 is 1.63. The van der Waals surface area contributed by atoms with Crippen LogP contribution >= 0.6 is 11.8 Å². The van der Waals surface area contributed by atoms with Crippen LogP contribution in [0.4, 0.5) is 5.69 Å². The Bertz CT molecular complexity index is 578. The number of nitrogens with two attached hydrogens (primary N) is 1. The van der Waals surface area contributed by atoms with Gasteiger partial charge in [0.1, 0.15) is 5.75 Å². The van der Waals surface area contributed by atoms with Crippen molar-refractivity contribution < 1.29 is 4.74 Å². The SMILES string of the molecule is N#Cc1ccc(OCCSc2ccncc2N)cc1. The molecular formula is C14H13N3OS. The van der Waals surface area contributed by atoms with Gasteiger partial charge in [0.05, 0.1) is 30.1 Å². The number of anilines is 1. The van der Waals surface area contributed by atoms with Crippen LogP contribution in [0.15, 0.2) is 47.6 Å². The maximum atomic E-state index is 8.68. The lowest BCUT2D eigenvalue weighted by molar-refractivity contribution is 0.344. The fourth-order valence-corrected chi connectivity index (χ4v) is 2.23. The molecule has 2 N–H and O–H groups in total. The quantitative estimate of drug-likeness (QED) is 0.668. The minimum atomic E-state index is 0.582. The molecular weight excluding hydrogens is 258 g/mol. The third kappa shape index (κ3) is 3.90. The van der Waals surface area contributed by atoms with E-state index in [1.54, 1.807) is 48.4 Å². The molecule has 19 heavy (non-hydrogen) atoms. The van der Waals surface area contributed by atoms with Gasteiger partial charge < -0.3 is 10.5 Å². The van der Waals surface area contributed by atoms with Gasteiger partial charge in [0.25, 0.3) is 0 Å². The van der Waals surface area contributed by atoms with Crippen LogP contribution in [0.25, 0.3) is 0 Å². The van der Waals surface area contributed by atoms with E-state index >= 15 is 0 Å². The molecule has 0 spiro atoms. The largest absolute Gasteiger partial charge is 0.493 e. The highest BCUT2D eigenvalue weighted by Crippen LogP contribution is 2.23. The van der Waals surface area contributed by atoms with Gasteiger partial charge in [-0.1, -0.05) is 0 Å². The van der Waals surface area contributed by atoms with Crippen LogP contribution in [0, 0.1) is 11.3 Å².